The van der Waals surface area contributed by atoms with E-state index in [1.54, 1.807) is 11.3 Å². The minimum absolute atomic E-state index is 0.282. The second-order valence-electron chi connectivity index (χ2n) is 6.04. The van der Waals surface area contributed by atoms with Crippen LogP contribution in [0, 0.1) is 0 Å². The number of fused-ring (bicyclic) bond motifs is 1. The molecule has 0 aliphatic carbocycles. The molecule has 1 saturated heterocycles. The summed E-state index contributed by atoms with van der Waals surface area (Å²) in [5, 5.41) is 7.29. The number of nitrogens with zero attached hydrogens (tertiary/aromatic N) is 3. The second-order valence-corrected chi connectivity index (χ2v) is 7.41. The molecule has 1 aromatic heterocycles. The maximum absolute atomic E-state index is 5.61. The van der Waals surface area contributed by atoms with Crippen LogP contribution in [-0.4, -0.2) is 52.9 Å². The summed E-state index contributed by atoms with van der Waals surface area (Å²) in [6.45, 7) is 5.15. The third kappa shape index (κ3) is 4.02. The van der Waals surface area contributed by atoms with Crippen LogP contribution in [0.25, 0.3) is 0 Å². The Hall–Kier alpha value is -1.90. The Kier molecular flexibility index (Phi) is 5.00. The van der Waals surface area contributed by atoms with Crippen molar-refractivity contribution in [1.29, 1.82) is 0 Å². The Morgan fingerprint density at radius 1 is 1.20 bits per heavy atom. The zero-order chi connectivity index (χ0) is 17.1. The van der Waals surface area contributed by atoms with Crippen LogP contribution in [-0.2, 0) is 6.54 Å². The number of hydrogen-bond acceptors (Lipinski definition) is 6. The van der Waals surface area contributed by atoms with Crippen LogP contribution in [0.2, 0.25) is 0 Å². The van der Waals surface area contributed by atoms with Crippen LogP contribution in [0.3, 0.4) is 0 Å². The first kappa shape index (κ1) is 16.6. The lowest BCUT2D eigenvalue weighted by Gasteiger charge is -2.24. The molecule has 3 heterocycles. The molecule has 25 heavy (non-hydrogen) atoms. The summed E-state index contributed by atoms with van der Waals surface area (Å²) in [4.78, 5) is 9.07. The highest BCUT2D eigenvalue weighted by Gasteiger charge is 2.19. The van der Waals surface area contributed by atoms with Crippen molar-refractivity contribution in [3.8, 4) is 11.5 Å². The van der Waals surface area contributed by atoms with Crippen molar-refractivity contribution in [2.45, 2.75) is 13.0 Å². The lowest BCUT2D eigenvalue weighted by Crippen LogP contribution is -2.37. The molecule has 1 fully saturated rings. The Morgan fingerprint density at radius 2 is 2.12 bits per heavy atom. The van der Waals surface area contributed by atoms with Gasteiger partial charge < -0.3 is 19.7 Å². The van der Waals surface area contributed by atoms with Gasteiger partial charge in [0.15, 0.2) is 16.6 Å². The zero-order valence-corrected chi connectivity index (χ0v) is 15.4. The van der Waals surface area contributed by atoms with Gasteiger partial charge in [0.2, 0.25) is 6.79 Å². The molecule has 2 aliphatic rings. The number of anilines is 1. The van der Waals surface area contributed by atoms with Crippen molar-refractivity contribution in [1.82, 2.24) is 14.8 Å². The summed E-state index contributed by atoms with van der Waals surface area (Å²) in [6.07, 6.45) is 2.96. The molecule has 0 atom stereocenters. The average molecular weight is 377 g/mol. The summed E-state index contributed by atoms with van der Waals surface area (Å²) in [5.74, 6) is 1.54. The summed E-state index contributed by atoms with van der Waals surface area (Å²) in [5.41, 5.74) is 0.929. The Morgan fingerprint density at radius 3 is 3.00 bits per heavy atom. The van der Waals surface area contributed by atoms with Crippen LogP contribution in [0.1, 0.15) is 11.4 Å². The van der Waals surface area contributed by atoms with Crippen molar-refractivity contribution < 1.29 is 9.47 Å². The second kappa shape index (κ2) is 7.55. The molecule has 2 aromatic rings. The molecule has 1 aromatic carbocycles. The van der Waals surface area contributed by atoms with Gasteiger partial charge in [-0.2, -0.15) is 0 Å². The van der Waals surface area contributed by atoms with Gasteiger partial charge in [-0.15, -0.1) is 11.3 Å². The highest BCUT2D eigenvalue weighted by molar-refractivity contribution is 7.80. The number of thiocarbonyl (C=S) groups is 1. The van der Waals surface area contributed by atoms with E-state index >= 15 is 0 Å². The van der Waals surface area contributed by atoms with Crippen molar-refractivity contribution in [3.63, 3.8) is 0 Å². The highest BCUT2D eigenvalue weighted by Crippen LogP contribution is 2.34. The van der Waals surface area contributed by atoms with Crippen LogP contribution in [0.5, 0.6) is 11.5 Å². The van der Waals surface area contributed by atoms with Crippen LogP contribution < -0.4 is 14.8 Å². The van der Waals surface area contributed by atoms with Gasteiger partial charge in [0.05, 0.1) is 6.54 Å². The molecular weight excluding hydrogens is 356 g/mol. The molecule has 0 amide bonds. The summed E-state index contributed by atoms with van der Waals surface area (Å²) in [6, 6.07) is 5.80. The maximum atomic E-state index is 5.61. The first-order valence-corrected chi connectivity index (χ1v) is 9.63. The summed E-state index contributed by atoms with van der Waals surface area (Å²) >= 11 is 7.33. The normalized spacial score (nSPS) is 17.4. The van der Waals surface area contributed by atoms with Crippen LogP contribution in [0.15, 0.2) is 29.8 Å². The van der Waals surface area contributed by atoms with E-state index in [9.17, 15) is 0 Å². The van der Waals surface area contributed by atoms with E-state index in [1.165, 1.54) is 5.01 Å². The number of rotatable bonds is 3. The van der Waals surface area contributed by atoms with Crippen LogP contribution >= 0.6 is 23.6 Å². The Balaban J connectivity index is 1.33. The van der Waals surface area contributed by atoms with E-state index in [0.29, 0.717) is 0 Å². The van der Waals surface area contributed by atoms with Gasteiger partial charge in [-0.3, -0.25) is 4.90 Å². The standard InChI is InChI=1S/C17H20N4O2S2/c24-17(19-13-2-3-14-15(10-13)23-12-22-14)21-6-1-5-20(7-8-21)11-16-18-4-9-25-16/h2-4,9-10H,1,5-8,11-12H2,(H,19,24). The molecule has 8 heteroatoms. The number of benzene rings is 1. The lowest BCUT2D eigenvalue weighted by atomic mass is 10.3. The van der Waals surface area contributed by atoms with Crippen molar-refractivity contribution in [2.24, 2.45) is 0 Å². The molecule has 0 spiro atoms. The molecule has 2 aliphatic heterocycles. The van der Waals surface area contributed by atoms with Gasteiger partial charge in [0.25, 0.3) is 0 Å². The molecule has 132 valence electrons. The van der Waals surface area contributed by atoms with E-state index in [2.05, 4.69) is 20.1 Å². The number of aromatic nitrogens is 1. The minimum atomic E-state index is 0.282. The topological polar surface area (TPSA) is 49.9 Å². The average Bonchev–Trinajstić information content (AvgIpc) is 3.23. The smallest absolute Gasteiger partial charge is 0.231 e. The van der Waals surface area contributed by atoms with E-state index in [-0.39, 0.29) is 6.79 Å². The fourth-order valence-electron chi connectivity index (χ4n) is 3.03. The van der Waals surface area contributed by atoms with Gasteiger partial charge >= 0.3 is 0 Å². The van der Waals surface area contributed by atoms with Gasteiger partial charge in [-0.1, -0.05) is 0 Å². The molecular formula is C17H20N4O2S2. The highest BCUT2D eigenvalue weighted by atomic mass is 32.1. The van der Waals surface area contributed by atoms with Gasteiger partial charge in [-0.25, -0.2) is 4.98 Å². The van der Waals surface area contributed by atoms with E-state index in [4.69, 9.17) is 21.7 Å². The molecule has 0 unspecified atom stereocenters. The van der Waals surface area contributed by atoms with Gasteiger partial charge in [0, 0.05) is 49.5 Å². The summed E-state index contributed by atoms with van der Waals surface area (Å²) < 4.78 is 10.8. The fraction of sp³-hybridized carbons (Fsp3) is 0.412. The molecule has 4 rings (SSSR count). The molecule has 0 bridgehead atoms. The number of nitrogens with one attached hydrogen (secondary N) is 1. The van der Waals surface area contributed by atoms with Crippen molar-refractivity contribution >= 4 is 34.4 Å². The van der Waals surface area contributed by atoms with E-state index in [1.807, 2.05) is 29.8 Å². The first-order valence-electron chi connectivity index (χ1n) is 8.34. The SMILES string of the molecule is S=C(Nc1ccc2c(c1)OCO2)N1CCCN(Cc2nccs2)CC1. The third-order valence-corrected chi connectivity index (χ3v) is 5.47. The quantitative estimate of drug-likeness (QED) is 0.827. The van der Waals surface area contributed by atoms with E-state index in [0.717, 1.165) is 61.4 Å². The third-order valence-electron chi connectivity index (χ3n) is 4.34. The van der Waals surface area contributed by atoms with Gasteiger partial charge in [0.1, 0.15) is 5.01 Å². The van der Waals surface area contributed by atoms with Crippen molar-refractivity contribution in [2.75, 3.05) is 38.3 Å². The van der Waals surface area contributed by atoms with Crippen LogP contribution in [0.4, 0.5) is 5.69 Å². The Labute approximate surface area is 156 Å². The largest absolute Gasteiger partial charge is 0.454 e. The molecule has 1 N–H and O–H groups in total. The summed E-state index contributed by atoms with van der Waals surface area (Å²) in [7, 11) is 0. The minimum Gasteiger partial charge on any atom is -0.454 e. The fourth-order valence-corrected chi connectivity index (χ4v) is 3.99. The van der Waals surface area contributed by atoms with Gasteiger partial charge in [-0.05, 0) is 30.8 Å². The lowest BCUT2D eigenvalue weighted by molar-refractivity contribution is 0.174. The predicted octanol–water partition coefficient (Wildman–Crippen LogP) is 2.78. The molecule has 0 radical (unpaired) electrons. The maximum Gasteiger partial charge on any atom is 0.231 e. The number of thiazole rings is 1. The monoisotopic (exact) mass is 376 g/mol. The molecule has 0 saturated carbocycles. The van der Waals surface area contributed by atoms with E-state index < -0.39 is 0 Å². The first-order chi connectivity index (χ1) is 12.3. The molecule has 6 nitrogen and oxygen atoms in total. The van der Waals surface area contributed by atoms with Crippen molar-refractivity contribution in [3.05, 3.63) is 34.8 Å². The Bertz CT molecular complexity index is 738. The number of ether oxygens (including phenoxy) is 2. The zero-order valence-electron chi connectivity index (χ0n) is 13.8. The predicted molar refractivity (Wildman–Crippen MR) is 102 cm³/mol. The number of hydrogen-bond donors (Lipinski definition) is 1.